The van der Waals surface area contributed by atoms with E-state index in [0.29, 0.717) is 6.42 Å². The SMILES string of the molecule is CCCCCCCCCCCCCCCCCCC[N+](C(CC)C(=O)O)(C(CC)C(=O)O)C(CC)C(=O)O. The summed E-state index contributed by atoms with van der Waals surface area (Å²) in [5, 5.41) is 30.0. The van der Waals surface area contributed by atoms with Gasteiger partial charge in [0.15, 0.2) is 18.1 Å². The highest BCUT2D eigenvalue weighted by Gasteiger charge is 2.55. The van der Waals surface area contributed by atoms with E-state index in [4.69, 9.17) is 0 Å². The van der Waals surface area contributed by atoms with Crippen molar-refractivity contribution < 1.29 is 34.2 Å². The quantitative estimate of drug-likeness (QED) is 0.0715. The van der Waals surface area contributed by atoms with Crippen molar-refractivity contribution in [3.8, 4) is 0 Å². The molecule has 0 aliphatic heterocycles. The van der Waals surface area contributed by atoms with Gasteiger partial charge in [-0.1, -0.05) is 124 Å². The number of hydrogen-bond donors (Lipinski definition) is 3. The van der Waals surface area contributed by atoms with Crippen LogP contribution in [0.5, 0.6) is 0 Å². The molecule has 0 heterocycles. The van der Waals surface area contributed by atoms with Crippen LogP contribution in [0.15, 0.2) is 0 Å². The zero-order valence-electron chi connectivity index (χ0n) is 25.1. The van der Waals surface area contributed by atoms with Crippen molar-refractivity contribution in [2.24, 2.45) is 0 Å². The predicted octanol–water partition coefficient (Wildman–Crippen LogP) is 8.04. The fraction of sp³-hybridized carbons (Fsp3) is 0.903. The van der Waals surface area contributed by atoms with Gasteiger partial charge in [0.05, 0.1) is 6.54 Å². The average molecular weight is 543 g/mol. The lowest BCUT2D eigenvalue weighted by atomic mass is 9.93. The molecule has 0 aromatic rings. The molecule has 0 saturated carbocycles. The summed E-state index contributed by atoms with van der Waals surface area (Å²) in [4.78, 5) is 36.7. The normalized spacial score (nSPS) is 15.5. The fourth-order valence-corrected chi connectivity index (χ4v) is 6.39. The lowest BCUT2D eigenvalue weighted by Gasteiger charge is -2.49. The Balaban J connectivity index is 4.60. The Morgan fingerprint density at radius 3 is 0.895 bits per heavy atom. The van der Waals surface area contributed by atoms with Crippen LogP contribution in [-0.4, -0.2) is 62.4 Å². The molecule has 0 fully saturated rings. The van der Waals surface area contributed by atoms with E-state index in [1.54, 1.807) is 20.8 Å². The molecule has 3 atom stereocenters. The first-order valence-electron chi connectivity index (χ1n) is 15.8. The summed E-state index contributed by atoms with van der Waals surface area (Å²) in [7, 11) is 0. The molecule has 0 aliphatic carbocycles. The smallest absolute Gasteiger partial charge is 0.362 e. The van der Waals surface area contributed by atoms with Gasteiger partial charge in [-0.25, -0.2) is 14.4 Å². The van der Waals surface area contributed by atoms with Crippen LogP contribution < -0.4 is 0 Å². The molecular weight excluding hydrogens is 482 g/mol. The Morgan fingerprint density at radius 2 is 0.684 bits per heavy atom. The van der Waals surface area contributed by atoms with E-state index in [1.165, 1.54) is 83.5 Å². The summed E-state index contributed by atoms with van der Waals surface area (Å²) >= 11 is 0. The standard InChI is InChI=1S/C31H59NO6/c1-5-9-10-11-12-13-14-15-16-17-18-19-20-21-22-23-24-25-32(26(6-2)29(33)34,27(7-3)30(35)36)28(8-4)31(37)38/h26-28H,5-25H2,1-4H3,(H2-,33,34,35,36,37,38)/p+1. The second-order valence-corrected chi connectivity index (χ2v) is 11.2. The van der Waals surface area contributed by atoms with Crippen LogP contribution in [0, 0.1) is 0 Å². The Morgan fingerprint density at radius 1 is 0.447 bits per heavy atom. The van der Waals surface area contributed by atoms with E-state index < -0.39 is 40.5 Å². The molecule has 0 rings (SSSR count). The summed E-state index contributed by atoms with van der Waals surface area (Å²) in [6.45, 7) is 7.66. The summed E-state index contributed by atoms with van der Waals surface area (Å²) in [5.41, 5.74) is 0. The molecule has 0 bridgehead atoms. The molecule has 0 spiro atoms. The van der Waals surface area contributed by atoms with Crippen LogP contribution in [-0.2, 0) is 14.4 Å². The highest BCUT2D eigenvalue weighted by atomic mass is 16.4. The van der Waals surface area contributed by atoms with Gasteiger partial charge in [-0.15, -0.1) is 0 Å². The van der Waals surface area contributed by atoms with Gasteiger partial charge in [0.2, 0.25) is 0 Å². The third-order valence-corrected chi connectivity index (χ3v) is 8.41. The zero-order chi connectivity index (χ0) is 28.8. The number of carbonyl (C=O) groups is 3. The molecule has 0 aromatic carbocycles. The van der Waals surface area contributed by atoms with Gasteiger partial charge in [-0.3, -0.25) is 4.48 Å². The second-order valence-electron chi connectivity index (χ2n) is 11.2. The number of carboxylic acids is 3. The van der Waals surface area contributed by atoms with Gasteiger partial charge < -0.3 is 15.3 Å². The van der Waals surface area contributed by atoms with E-state index in [1.807, 2.05) is 0 Å². The molecule has 0 amide bonds. The van der Waals surface area contributed by atoms with Crippen molar-refractivity contribution in [1.29, 1.82) is 0 Å². The van der Waals surface area contributed by atoms with Gasteiger partial charge in [-0.2, -0.15) is 0 Å². The highest BCUT2D eigenvalue weighted by Crippen LogP contribution is 2.32. The highest BCUT2D eigenvalue weighted by molar-refractivity contribution is 5.78. The van der Waals surface area contributed by atoms with Gasteiger partial charge in [0.25, 0.3) is 0 Å². The molecule has 7 heteroatoms. The lowest BCUT2D eigenvalue weighted by Crippen LogP contribution is -2.72. The minimum absolute atomic E-state index is 0.196. The minimum Gasteiger partial charge on any atom is -0.477 e. The van der Waals surface area contributed by atoms with Crippen LogP contribution >= 0.6 is 0 Å². The van der Waals surface area contributed by atoms with Crippen LogP contribution in [0.25, 0.3) is 0 Å². The van der Waals surface area contributed by atoms with E-state index in [2.05, 4.69) is 6.92 Å². The van der Waals surface area contributed by atoms with E-state index >= 15 is 0 Å². The topological polar surface area (TPSA) is 112 Å². The van der Waals surface area contributed by atoms with E-state index in [0.717, 1.165) is 19.3 Å². The Hall–Kier alpha value is -1.63. The van der Waals surface area contributed by atoms with Crippen LogP contribution in [0.1, 0.15) is 156 Å². The number of nitrogens with zero attached hydrogens (tertiary/aromatic N) is 1. The van der Waals surface area contributed by atoms with Crippen molar-refractivity contribution in [3.63, 3.8) is 0 Å². The van der Waals surface area contributed by atoms with Crippen molar-refractivity contribution in [2.45, 2.75) is 174 Å². The number of rotatable bonds is 27. The van der Waals surface area contributed by atoms with Crippen LogP contribution in [0.4, 0.5) is 0 Å². The summed E-state index contributed by atoms with van der Waals surface area (Å²) in [6.07, 6.45) is 21.5. The molecule has 0 radical (unpaired) electrons. The number of quaternary nitrogens is 1. The van der Waals surface area contributed by atoms with Crippen LogP contribution in [0.3, 0.4) is 0 Å². The van der Waals surface area contributed by atoms with E-state index in [9.17, 15) is 29.7 Å². The molecule has 3 unspecified atom stereocenters. The van der Waals surface area contributed by atoms with Crippen molar-refractivity contribution in [1.82, 2.24) is 0 Å². The third kappa shape index (κ3) is 12.9. The van der Waals surface area contributed by atoms with Crippen molar-refractivity contribution in [3.05, 3.63) is 0 Å². The maximum Gasteiger partial charge on any atom is 0.362 e. The Bertz CT molecular complexity index is 583. The fourth-order valence-electron chi connectivity index (χ4n) is 6.39. The first-order chi connectivity index (χ1) is 18.2. The lowest BCUT2D eigenvalue weighted by molar-refractivity contribution is -0.973. The van der Waals surface area contributed by atoms with Crippen molar-refractivity contribution in [2.75, 3.05) is 6.54 Å². The third-order valence-electron chi connectivity index (χ3n) is 8.41. The second kappa shape index (κ2) is 22.2. The number of carboxylic acid groups (broad SMARTS) is 3. The van der Waals surface area contributed by atoms with Gasteiger partial charge >= 0.3 is 17.9 Å². The molecular formula is C31H60NO6+. The largest absolute Gasteiger partial charge is 0.477 e. The summed E-state index contributed by atoms with van der Waals surface area (Å²) in [6, 6.07) is -3.17. The first kappa shape index (κ1) is 36.4. The van der Waals surface area contributed by atoms with Gasteiger partial charge in [-0.05, 0) is 12.8 Å². The molecule has 7 nitrogen and oxygen atoms in total. The maximum atomic E-state index is 12.2. The summed E-state index contributed by atoms with van der Waals surface area (Å²) < 4.78 is -0.401. The molecule has 0 aliphatic rings. The number of unbranched alkanes of at least 4 members (excludes halogenated alkanes) is 16. The zero-order valence-corrected chi connectivity index (χ0v) is 25.1. The first-order valence-corrected chi connectivity index (χ1v) is 15.8. The monoisotopic (exact) mass is 542 g/mol. The maximum absolute atomic E-state index is 12.2. The average Bonchev–Trinajstić information content (AvgIpc) is 2.86. The Kier molecular flexibility index (Phi) is 21.3. The number of aliphatic carboxylic acids is 3. The number of hydrogen-bond acceptors (Lipinski definition) is 3. The molecule has 224 valence electrons. The van der Waals surface area contributed by atoms with Gasteiger partial charge in [0.1, 0.15) is 0 Å². The van der Waals surface area contributed by atoms with E-state index in [-0.39, 0.29) is 25.8 Å². The van der Waals surface area contributed by atoms with Gasteiger partial charge in [0, 0.05) is 19.3 Å². The molecule has 0 aromatic heterocycles. The minimum atomic E-state index is -1.11. The summed E-state index contributed by atoms with van der Waals surface area (Å²) in [5.74, 6) is -3.34. The Labute approximate surface area is 233 Å². The molecule has 38 heavy (non-hydrogen) atoms. The predicted molar refractivity (Wildman–Crippen MR) is 154 cm³/mol. The van der Waals surface area contributed by atoms with Crippen molar-refractivity contribution >= 4 is 17.9 Å². The molecule has 3 N–H and O–H groups in total. The van der Waals surface area contributed by atoms with Crippen LogP contribution in [0.2, 0.25) is 0 Å². The molecule has 0 saturated heterocycles.